The van der Waals surface area contributed by atoms with E-state index in [1.165, 1.54) is 4.90 Å². The van der Waals surface area contributed by atoms with Gasteiger partial charge >= 0.3 is 5.97 Å². The summed E-state index contributed by atoms with van der Waals surface area (Å²) < 4.78 is 0. The smallest absolute Gasteiger partial charge is 0.319 e. The van der Waals surface area contributed by atoms with Gasteiger partial charge in [0, 0.05) is 11.3 Å². The first-order chi connectivity index (χ1) is 16.6. The van der Waals surface area contributed by atoms with Crippen molar-refractivity contribution in [1.29, 1.82) is 0 Å². The molecular formula is C29H19NO4. The highest BCUT2D eigenvalue weighted by molar-refractivity contribution is 6.27. The quantitative estimate of drug-likeness (QED) is 0.462. The highest BCUT2D eigenvalue weighted by Gasteiger charge is 2.71. The Morgan fingerprint density at radius 3 is 2.00 bits per heavy atom. The zero-order valence-corrected chi connectivity index (χ0v) is 18.0. The molecule has 5 nitrogen and oxygen atoms in total. The third-order valence-electron chi connectivity index (χ3n) is 7.96. The number of benzene rings is 4. The van der Waals surface area contributed by atoms with Gasteiger partial charge in [0.05, 0.1) is 17.5 Å². The Labute approximate surface area is 195 Å². The summed E-state index contributed by atoms with van der Waals surface area (Å²) in [7, 11) is 0. The fourth-order valence-corrected chi connectivity index (χ4v) is 6.78. The molecule has 1 saturated heterocycles. The van der Waals surface area contributed by atoms with Crippen LogP contribution in [-0.4, -0.2) is 22.9 Å². The molecule has 1 N–H and O–H groups in total. The summed E-state index contributed by atoms with van der Waals surface area (Å²) in [4.78, 5) is 42.7. The molecule has 4 aliphatic rings. The summed E-state index contributed by atoms with van der Waals surface area (Å²) in [5.41, 5.74) is 1.78. The topological polar surface area (TPSA) is 74.7 Å². The van der Waals surface area contributed by atoms with Crippen LogP contribution in [0.1, 0.15) is 28.2 Å². The predicted octanol–water partition coefficient (Wildman–Crippen LogP) is 4.48. The van der Waals surface area contributed by atoms with E-state index in [1.54, 1.807) is 18.2 Å². The molecule has 3 aliphatic carbocycles. The van der Waals surface area contributed by atoms with E-state index in [0.717, 1.165) is 21.9 Å². The average molecular weight is 445 g/mol. The number of fused-ring (bicyclic) bond motifs is 1. The van der Waals surface area contributed by atoms with E-state index in [2.05, 4.69) is 0 Å². The summed E-state index contributed by atoms with van der Waals surface area (Å²) in [6.07, 6.45) is 0. The molecule has 0 spiro atoms. The molecule has 1 aliphatic heterocycles. The Morgan fingerprint density at radius 2 is 1.32 bits per heavy atom. The van der Waals surface area contributed by atoms with Crippen LogP contribution in [0.3, 0.4) is 0 Å². The van der Waals surface area contributed by atoms with Crippen molar-refractivity contribution >= 4 is 34.2 Å². The minimum Gasteiger partial charge on any atom is -0.480 e. The molecule has 2 atom stereocenters. The second-order valence-corrected chi connectivity index (χ2v) is 9.28. The van der Waals surface area contributed by atoms with E-state index in [9.17, 15) is 19.5 Å². The summed E-state index contributed by atoms with van der Waals surface area (Å²) in [6, 6.07) is 27.9. The molecule has 8 rings (SSSR count). The number of hydrogen-bond donors (Lipinski definition) is 1. The van der Waals surface area contributed by atoms with Gasteiger partial charge in [0.25, 0.3) is 0 Å². The van der Waals surface area contributed by atoms with Gasteiger partial charge in [0.2, 0.25) is 11.8 Å². The van der Waals surface area contributed by atoms with Crippen molar-refractivity contribution in [3.05, 3.63) is 113 Å². The molecule has 0 radical (unpaired) electrons. The van der Waals surface area contributed by atoms with Gasteiger partial charge in [0.1, 0.15) is 5.41 Å². The maximum absolute atomic E-state index is 14.2. The first-order valence-corrected chi connectivity index (χ1v) is 11.3. The molecule has 1 fully saturated rings. The van der Waals surface area contributed by atoms with Crippen LogP contribution in [0.2, 0.25) is 0 Å². The van der Waals surface area contributed by atoms with E-state index >= 15 is 0 Å². The number of carbonyl (C=O) groups excluding carboxylic acids is 2. The van der Waals surface area contributed by atoms with Crippen molar-refractivity contribution in [1.82, 2.24) is 0 Å². The number of amides is 2. The van der Waals surface area contributed by atoms with Crippen LogP contribution < -0.4 is 4.90 Å². The van der Waals surface area contributed by atoms with Gasteiger partial charge in [-0.1, -0.05) is 84.9 Å². The lowest BCUT2D eigenvalue weighted by molar-refractivity contribution is -0.149. The average Bonchev–Trinajstić information content (AvgIpc) is 3.14. The Bertz CT molecular complexity index is 1520. The molecule has 4 aromatic rings. The second-order valence-electron chi connectivity index (χ2n) is 9.28. The fraction of sp³-hybridized carbons (Fsp3) is 0.138. The van der Waals surface area contributed by atoms with E-state index in [-0.39, 0.29) is 11.8 Å². The van der Waals surface area contributed by atoms with Crippen molar-refractivity contribution in [2.24, 2.45) is 11.8 Å². The molecule has 2 amide bonds. The molecule has 5 heteroatoms. The number of anilines is 1. The number of carboxylic acid groups (broad SMARTS) is 1. The Morgan fingerprint density at radius 1 is 0.735 bits per heavy atom. The predicted molar refractivity (Wildman–Crippen MR) is 127 cm³/mol. The lowest BCUT2D eigenvalue weighted by atomic mass is 9.47. The normalized spacial score (nSPS) is 26.4. The number of carboxylic acids is 1. The molecule has 4 aromatic carbocycles. The monoisotopic (exact) mass is 445 g/mol. The van der Waals surface area contributed by atoms with Crippen LogP contribution in [0.25, 0.3) is 10.8 Å². The van der Waals surface area contributed by atoms with Crippen LogP contribution in [-0.2, 0) is 19.8 Å². The zero-order chi connectivity index (χ0) is 23.2. The van der Waals surface area contributed by atoms with E-state index in [4.69, 9.17) is 0 Å². The number of hydrogen-bond acceptors (Lipinski definition) is 3. The molecule has 0 aromatic heterocycles. The minimum absolute atomic E-state index is 0.328. The summed E-state index contributed by atoms with van der Waals surface area (Å²) in [5.74, 6) is -4.01. The summed E-state index contributed by atoms with van der Waals surface area (Å²) in [6.45, 7) is 0. The summed E-state index contributed by atoms with van der Waals surface area (Å²) in [5, 5.41) is 12.5. The van der Waals surface area contributed by atoms with Crippen LogP contribution in [0, 0.1) is 11.8 Å². The number of aliphatic carboxylic acids is 1. The van der Waals surface area contributed by atoms with Crippen LogP contribution in [0.4, 0.5) is 5.69 Å². The minimum atomic E-state index is -1.61. The van der Waals surface area contributed by atoms with E-state index in [1.807, 2.05) is 72.8 Å². The van der Waals surface area contributed by atoms with Crippen molar-refractivity contribution in [3.8, 4) is 0 Å². The molecule has 2 bridgehead atoms. The lowest BCUT2D eigenvalue weighted by Gasteiger charge is -2.51. The Kier molecular flexibility index (Phi) is 3.63. The van der Waals surface area contributed by atoms with Crippen molar-refractivity contribution < 1.29 is 19.5 Å². The number of rotatable bonds is 2. The first kappa shape index (κ1) is 19.2. The third kappa shape index (κ3) is 2.04. The van der Waals surface area contributed by atoms with E-state index < -0.39 is 29.1 Å². The van der Waals surface area contributed by atoms with Crippen molar-refractivity contribution in [3.63, 3.8) is 0 Å². The van der Waals surface area contributed by atoms with Gasteiger partial charge in [-0.05, 0) is 33.7 Å². The van der Waals surface area contributed by atoms with Gasteiger partial charge in [-0.3, -0.25) is 14.4 Å². The second kappa shape index (κ2) is 6.41. The van der Waals surface area contributed by atoms with Gasteiger partial charge in [-0.15, -0.1) is 0 Å². The lowest BCUT2D eigenvalue weighted by Crippen LogP contribution is -2.57. The van der Waals surface area contributed by atoms with Gasteiger partial charge in [-0.2, -0.15) is 0 Å². The number of carbonyl (C=O) groups is 3. The molecule has 34 heavy (non-hydrogen) atoms. The molecule has 1 heterocycles. The van der Waals surface area contributed by atoms with Crippen molar-refractivity contribution in [2.45, 2.75) is 11.3 Å². The molecule has 164 valence electrons. The maximum atomic E-state index is 14.2. The van der Waals surface area contributed by atoms with Crippen LogP contribution >= 0.6 is 0 Å². The molecule has 0 saturated carbocycles. The third-order valence-corrected chi connectivity index (χ3v) is 7.96. The Balaban J connectivity index is 1.54. The largest absolute Gasteiger partial charge is 0.480 e. The van der Waals surface area contributed by atoms with Gasteiger partial charge in [0.15, 0.2) is 0 Å². The van der Waals surface area contributed by atoms with Crippen molar-refractivity contribution in [2.75, 3.05) is 4.90 Å². The van der Waals surface area contributed by atoms with Gasteiger partial charge in [-0.25, -0.2) is 4.90 Å². The molecular weight excluding hydrogens is 426 g/mol. The van der Waals surface area contributed by atoms with Crippen LogP contribution in [0.15, 0.2) is 91.0 Å². The standard InChI is InChI=1S/C29H19NO4/c31-26-24-23-18-11-3-5-13-20(18)29(28(33)34,21-14-6-4-12-19(21)23)25(24)27(32)30(26)22-15-7-9-16-8-1-2-10-17(16)22/h1-15,23-25H,(H,33,34)/t23?,24-,25+,29?/m0/s1. The molecule has 0 unspecified atom stereocenters. The fourth-order valence-electron chi connectivity index (χ4n) is 6.78. The highest BCUT2D eigenvalue weighted by atomic mass is 16.4. The zero-order valence-electron chi connectivity index (χ0n) is 18.0. The SMILES string of the molecule is O=C1[C@H]2C3c4ccccc4C(C(=O)O)(c4ccccc43)[C@H]2C(=O)N1c1cccc2ccccc12. The number of imide groups is 1. The Hall–Kier alpha value is -4.25. The maximum Gasteiger partial charge on any atom is 0.319 e. The summed E-state index contributed by atoms with van der Waals surface area (Å²) >= 11 is 0. The highest BCUT2D eigenvalue weighted by Crippen LogP contribution is 2.64. The number of nitrogens with zero attached hydrogens (tertiary/aromatic N) is 1. The first-order valence-electron chi connectivity index (χ1n) is 11.3. The van der Waals surface area contributed by atoms with Crippen LogP contribution in [0.5, 0.6) is 0 Å². The van der Waals surface area contributed by atoms with E-state index in [0.29, 0.717) is 16.8 Å². The van der Waals surface area contributed by atoms with Gasteiger partial charge < -0.3 is 5.11 Å².